The molecule has 2 heterocycles. The summed E-state index contributed by atoms with van der Waals surface area (Å²) in [4.78, 5) is 36.4. The van der Waals surface area contributed by atoms with Crippen LogP contribution in [0.3, 0.4) is 0 Å². The number of benzene rings is 1. The van der Waals surface area contributed by atoms with Crippen molar-refractivity contribution in [2.24, 2.45) is 5.10 Å². The molecular formula is C16H11N7O5S2. The molecule has 0 aliphatic carbocycles. The summed E-state index contributed by atoms with van der Waals surface area (Å²) in [5.74, 6) is -0.466. The van der Waals surface area contributed by atoms with Gasteiger partial charge in [-0.15, -0.1) is 10.2 Å². The van der Waals surface area contributed by atoms with Crippen molar-refractivity contribution in [2.45, 2.75) is 4.34 Å². The van der Waals surface area contributed by atoms with Gasteiger partial charge in [-0.1, -0.05) is 29.2 Å². The number of aromatic nitrogens is 3. The molecular weight excluding hydrogens is 434 g/mol. The maximum absolute atomic E-state index is 11.9. The molecule has 12 nitrogen and oxygen atoms in total. The number of hydrogen-bond acceptors (Lipinski definition) is 11. The van der Waals surface area contributed by atoms with E-state index in [-0.39, 0.29) is 11.3 Å². The summed E-state index contributed by atoms with van der Waals surface area (Å²) in [5, 5.41) is 34.1. The number of hydrogen-bond donors (Lipinski definition) is 1. The quantitative estimate of drug-likeness (QED) is 0.237. The van der Waals surface area contributed by atoms with Crippen molar-refractivity contribution >= 4 is 46.6 Å². The summed E-state index contributed by atoms with van der Waals surface area (Å²) >= 11 is 2.44. The number of nitro groups is 2. The van der Waals surface area contributed by atoms with E-state index in [2.05, 4.69) is 25.7 Å². The lowest BCUT2D eigenvalue weighted by Crippen LogP contribution is -2.19. The van der Waals surface area contributed by atoms with Crippen molar-refractivity contribution in [3.8, 4) is 10.7 Å². The van der Waals surface area contributed by atoms with E-state index in [0.29, 0.717) is 15.0 Å². The zero-order chi connectivity index (χ0) is 21.5. The molecule has 3 aromatic rings. The fraction of sp³-hybridized carbons (Fsp3) is 0.0625. The van der Waals surface area contributed by atoms with Crippen molar-refractivity contribution in [3.63, 3.8) is 0 Å². The Labute approximate surface area is 176 Å². The number of nitrogens with one attached hydrogen (secondary N) is 1. The maximum Gasteiger partial charge on any atom is 0.285 e. The molecule has 1 N–H and O–H groups in total. The summed E-state index contributed by atoms with van der Waals surface area (Å²) in [6.45, 7) is 0. The van der Waals surface area contributed by atoms with Crippen LogP contribution < -0.4 is 5.43 Å². The average molecular weight is 445 g/mol. The lowest BCUT2D eigenvalue weighted by atomic mass is 10.2. The van der Waals surface area contributed by atoms with Crippen LogP contribution in [0.2, 0.25) is 0 Å². The number of nitrogens with zero attached hydrogens (tertiary/aromatic N) is 6. The Bertz CT molecular complexity index is 1120. The standard InChI is InChI=1S/C16H11N7O5S2/c24-14(9-29-16-21-20-15(30-16)12-3-1-2-6-17-12)19-18-8-10-4-5-11(22(25)26)7-13(10)23(27)28/h1-8H,9H2,(H,19,24)/b18-8+. The summed E-state index contributed by atoms with van der Waals surface area (Å²) in [6, 6.07) is 8.54. The van der Waals surface area contributed by atoms with Gasteiger partial charge < -0.3 is 0 Å². The van der Waals surface area contributed by atoms with E-state index in [0.717, 1.165) is 30.1 Å². The maximum atomic E-state index is 11.9. The Morgan fingerprint density at radius 3 is 2.73 bits per heavy atom. The Morgan fingerprint density at radius 2 is 2.03 bits per heavy atom. The van der Waals surface area contributed by atoms with E-state index in [9.17, 15) is 25.0 Å². The monoisotopic (exact) mass is 445 g/mol. The molecule has 2 aromatic heterocycles. The van der Waals surface area contributed by atoms with Crippen LogP contribution in [0, 0.1) is 20.2 Å². The molecule has 0 saturated carbocycles. The number of carbonyl (C=O) groups is 1. The zero-order valence-corrected chi connectivity index (χ0v) is 16.5. The second-order valence-corrected chi connectivity index (χ2v) is 7.63. The minimum atomic E-state index is -0.763. The van der Waals surface area contributed by atoms with Crippen molar-refractivity contribution < 1.29 is 14.6 Å². The first-order valence-electron chi connectivity index (χ1n) is 8.06. The minimum absolute atomic E-state index is 0.00343. The molecule has 0 bridgehead atoms. The van der Waals surface area contributed by atoms with Gasteiger partial charge in [0.25, 0.3) is 17.3 Å². The molecule has 0 spiro atoms. The van der Waals surface area contributed by atoms with Gasteiger partial charge >= 0.3 is 0 Å². The second-order valence-electron chi connectivity index (χ2n) is 5.43. The predicted molar refractivity (Wildman–Crippen MR) is 109 cm³/mol. The molecule has 14 heteroatoms. The van der Waals surface area contributed by atoms with E-state index in [1.807, 2.05) is 6.07 Å². The number of carbonyl (C=O) groups excluding carboxylic acids is 1. The Hall–Kier alpha value is -3.78. The topological polar surface area (TPSA) is 166 Å². The number of hydrazone groups is 1. The van der Waals surface area contributed by atoms with E-state index in [4.69, 9.17) is 0 Å². The molecule has 1 amide bonds. The van der Waals surface area contributed by atoms with Gasteiger partial charge in [0, 0.05) is 12.3 Å². The number of non-ortho nitro benzene ring substituents is 1. The summed E-state index contributed by atoms with van der Waals surface area (Å²) in [6.07, 6.45) is 2.69. The van der Waals surface area contributed by atoms with Crippen LogP contribution in [0.1, 0.15) is 5.56 Å². The average Bonchev–Trinajstić information content (AvgIpc) is 3.22. The van der Waals surface area contributed by atoms with Crippen LogP contribution in [0.4, 0.5) is 11.4 Å². The van der Waals surface area contributed by atoms with Crippen LogP contribution in [-0.2, 0) is 4.79 Å². The Kier molecular flexibility index (Phi) is 6.71. The number of rotatable bonds is 8. The fourth-order valence-electron chi connectivity index (χ4n) is 2.11. The highest BCUT2D eigenvalue weighted by Gasteiger charge is 2.18. The van der Waals surface area contributed by atoms with Gasteiger partial charge in [0.1, 0.15) is 5.69 Å². The third-order valence-corrected chi connectivity index (χ3v) is 5.51. The largest absolute Gasteiger partial charge is 0.285 e. The molecule has 0 unspecified atom stereocenters. The lowest BCUT2D eigenvalue weighted by molar-refractivity contribution is -0.394. The van der Waals surface area contributed by atoms with Crippen molar-refractivity contribution in [3.05, 3.63) is 68.4 Å². The first kappa shape index (κ1) is 20.9. The van der Waals surface area contributed by atoms with Crippen LogP contribution >= 0.6 is 23.1 Å². The van der Waals surface area contributed by atoms with Gasteiger partial charge in [-0.05, 0) is 18.2 Å². The molecule has 0 atom stereocenters. The van der Waals surface area contributed by atoms with Gasteiger partial charge in [-0.2, -0.15) is 5.10 Å². The number of thioether (sulfide) groups is 1. The first-order chi connectivity index (χ1) is 14.4. The minimum Gasteiger partial charge on any atom is -0.272 e. The molecule has 0 aliphatic heterocycles. The fourth-order valence-corrected chi connectivity index (χ4v) is 3.73. The van der Waals surface area contributed by atoms with Crippen molar-refractivity contribution in [1.82, 2.24) is 20.6 Å². The highest BCUT2D eigenvalue weighted by Crippen LogP contribution is 2.28. The van der Waals surface area contributed by atoms with Crippen LogP contribution in [-0.4, -0.2) is 42.9 Å². The smallest absolute Gasteiger partial charge is 0.272 e. The second kappa shape index (κ2) is 9.62. The number of pyridine rings is 1. The molecule has 3 rings (SSSR count). The summed E-state index contributed by atoms with van der Waals surface area (Å²) in [7, 11) is 0. The summed E-state index contributed by atoms with van der Waals surface area (Å²) < 4.78 is 0.570. The van der Waals surface area contributed by atoms with Gasteiger partial charge in [0.2, 0.25) is 0 Å². The SMILES string of the molecule is O=C(CSc1nnc(-c2ccccn2)s1)N/N=C/c1ccc([N+](=O)[O-])cc1[N+](=O)[O-]. The molecule has 1 aromatic carbocycles. The van der Waals surface area contributed by atoms with Gasteiger partial charge in [-0.3, -0.25) is 30.0 Å². The molecule has 0 saturated heterocycles. The Morgan fingerprint density at radius 1 is 1.20 bits per heavy atom. The van der Waals surface area contributed by atoms with Crippen LogP contribution in [0.5, 0.6) is 0 Å². The molecule has 0 aliphatic rings. The molecule has 30 heavy (non-hydrogen) atoms. The van der Waals surface area contributed by atoms with Gasteiger partial charge in [0.15, 0.2) is 9.35 Å². The third kappa shape index (κ3) is 5.39. The van der Waals surface area contributed by atoms with Crippen molar-refractivity contribution in [1.29, 1.82) is 0 Å². The highest BCUT2D eigenvalue weighted by molar-refractivity contribution is 8.01. The van der Waals surface area contributed by atoms with Crippen LogP contribution in [0.15, 0.2) is 52.0 Å². The molecule has 0 radical (unpaired) electrons. The zero-order valence-electron chi connectivity index (χ0n) is 14.9. The summed E-state index contributed by atoms with van der Waals surface area (Å²) in [5.41, 5.74) is 2.03. The predicted octanol–water partition coefficient (Wildman–Crippen LogP) is 2.66. The Balaban J connectivity index is 1.56. The third-order valence-electron chi connectivity index (χ3n) is 3.43. The normalized spacial score (nSPS) is 10.8. The number of nitro benzene ring substituents is 2. The van der Waals surface area contributed by atoms with E-state index in [1.54, 1.807) is 18.3 Å². The van der Waals surface area contributed by atoms with Crippen molar-refractivity contribution in [2.75, 3.05) is 5.75 Å². The van der Waals surface area contributed by atoms with E-state index >= 15 is 0 Å². The van der Waals surface area contributed by atoms with Crippen LogP contribution in [0.25, 0.3) is 10.7 Å². The van der Waals surface area contributed by atoms with E-state index in [1.165, 1.54) is 17.4 Å². The van der Waals surface area contributed by atoms with Gasteiger partial charge in [-0.25, -0.2) is 5.43 Å². The lowest BCUT2D eigenvalue weighted by Gasteiger charge is -1.99. The van der Waals surface area contributed by atoms with Gasteiger partial charge in [0.05, 0.1) is 33.4 Å². The molecule has 152 valence electrons. The highest BCUT2D eigenvalue weighted by atomic mass is 32.2. The number of amides is 1. The van der Waals surface area contributed by atoms with E-state index < -0.39 is 27.1 Å². The first-order valence-corrected chi connectivity index (χ1v) is 9.86. The molecule has 0 fully saturated rings.